The predicted octanol–water partition coefficient (Wildman–Crippen LogP) is 4.47. The number of ether oxygens (including phenoxy) is 1. The van der Waals surface area contributed by atoms with Crippen molar-refractivity contribution in [2.24, 2.45) is 5.92 Å². The minimum absolute atomic E-state index is 0.00655. The van der Waals surface area contributed by atoms with Gasteiger partial charge < -0.3 is 4.74 Å². The summed E-state index contributed by atoms with van der Waals surface area (Å²) in [7, 11) is 0. The van der Waals surface area contributed by atoms with Gasteiger partial charge in [-0.25, -0.2) is 0 Å². The molecule has 1 aliphatic heterocycles. The van der Waals surface area contributed by atoms with E-state index in [0.717, 1.165) is 12.8 Å². The fourth-order valence-electron chi connectivity index (χ4n) is 2.41. The van der Waals surface area contributed by atoms with Crippen molar-refractivity contribution in [3.63, 3.8) is 0 Å². The molecule has 0 aromatic carbocycles. The molecule has 0 saturated carbocycles. The second-order valence-electron chi connectivity index (χ2n) is 5.48. The van der Waals surface area contributed by atoms with Gasteiger partial charge in [-0.05, 0) is 18.8 Å². The van der Waals surface area contributed by atoms with Gasteiger partial charge >= 0.3 is 5.97 Å². The van der Waals surface area contributed by atoms with Crippen molar-refractivity contribution in [1.82, 2.24) is 0 Å². The van der Waals surface area contributed by atoms with Crippen molar-refractivity contribution >= 4 is 5.97 Å². The second-order valence-corrected chi connectivity index (χ2v) is 5.48. The molecular formula is C15H28O2. The lowest BCUT2D eigenvalue weighted by Crippen LogP contribution is -2.08. The monoisotopic (exact) mass is 240 g/mol. The quantitative estimate of drug-likeness (QED) is 0.584. The lowest BCUT2D eigenvalue weighted by Gasteiger charge is -2.11. The van der Waals surface area contributed by atoms with Crippen LogP contribution in [0.3, 0.4) is 0 Å². The number of rotatable bonds is 0. The van der Waals surface area contributed by atoms with Crippen LogP contribution in [0.2, 0.25) is 0 Å². The van der Waals surface area contributed by atoms with E-state index in [4.69, 9.17) is 4.74 Å². The molecule has 0 bridgehead atoms. The number of esters is 1. The van der Waals surface area contributed by atoms with Crippen LogP contribution >= 0.6 is 0 Å². The summed E-state index contributed by atoms with van der Waals surface area (Å²) < 4.78 is 5.25. The normalized spacial score (nSPS) is 26.6. The summed E-state index contributed by atoms with van der Waals surface area (Å²) in [4.78, 5) is 11.4. The van der Waals surface area contributed by atoms with E-state index in [-0.39, 0.29) is 5.97 Å². The number of cyclic esters (lactones) is 1. The van der Waals surface area contributed by atoms with Gasteiger partial charge in [-0.3, -0.25) is 4.79 Å². The Morgan fingerprint density at radius 1 is 0.882 bits per heavy atom. The van der Waals surface area contributed by atoms with Crippen molar-refractivity contribution in [3.8, 4) is 0 Å². The molecular weight excluding hydrogens is 212 g/mol. The van der Waals surface area contributed by atoms with E-state index >= 15 is 0 Å². The molecule has 1 unspecified atom stereocenters. The van der Waals surface area contributed by atoms with Gasteiger partial charge in [0.15, 0.2) is 0 Å². The number of carbonyl (C=O) groups is 1. The van der Waals surface area contributed by atoms with Gasteiger partial charge in [0.1, 0.15) is 0 Å². The van der Waals surface area contributed by atoms with Crippen LogP contribution in [-0.4, -0.2) is 12.6 Å². The Hall–Kier alpha value is -0.530. The van der Waals surface area contributed by atoms with Crippen molar-refractivity contribution in [2.45, 2.75) is 77.6 Å². The zero-order valence-electron chi connectivity index (χ0n) is 11.4. The minimum Gasteiger partial charge on any atom is -0.466 e. The van der Waals surface area contributed by atoms with Gasteiger partial charge in [-0.2, -0.15) is 0 Å². The van der Waals surface area contributed by atoms with Crippen LogP contribution in [0.5, 0.6) is 0 Å². The highest BCUT2D eigenvalue weighted by Gasteiger charge is 2.06. The van der Waals surface area contributed by atoms with E-state index in [2.05, 4.69) is 6.92 Å². The van der Waals surface area contributed by atoms with Crippen LogP contribution < -0.4 is 0 Å². The van der Waals surface area contributed by atoms with Crippen LogP contribution in [0.4, 0.5) is 0 Å². The Kier molecular flexibility index (Phi) is 8.12. The smallest absolute Gasteiger partial charge is 0.305 e. The first kappa shape index (κ1) is 14.5. The Morgan fingerprint density at radius 3 is 2.18 bits per heavy atom. The molecule has 2 nitrogen and oxygen atoms in total. The maximum absolute atomic E-state index is 11.4. The number of hydrogen-bond donors (Lipinski definition) is 0. The summed E-state index contributed by atoms with van der Waals surface area (Å²) in [5.41, 5.74) is 0. The van der Waals surface area contributed by atoms with E-state index in [1.54, 1.807) is 0 Å². The largest absolute Gasteiger partial charge is 0.466 e. The topological polar surface area (TPSA) is 26.3 Å². The van der Waals surface area contributed by atoms with E-state index in [0.29, 0.717) is 18.9 Å². The molecule has 0 aromatic rings. The Labute approximate surface area is 106 Å². The Balaban J connectivity index is 2.22. The maximum atomic E-state index is 11.4. The summed E-state index contributed by atoms with van der Waals surface area (Å²) in [6.45, 7) is 2.89. The van der Waals surface area contributed by atoms with Crippen molar-refractivity contribution in [3.05, 3.63) is 0 Å². The summed E-state index contributed by atoms with van der Waals surface area (Å²) in [6, 6.07) is 0. The minimum atomic E-state index is 0.00655. The lowest BCUT2D eigenvalue weighted by molar-refractivity contribution is -0.144. The van der Waals surface area contributed by atoms with E-state index in [9.17, 15) is 4.79 Å². The van der Waals surface area contributed by atoms with Crippen molar-refractivity contribution in [2.75, 3.05) is 6.61 Å². The third-order valence-electron chi connectivity index (χ3n) is 3.70. The van der Waals surface area contributed by atoms with E-state index < -0.39 is 0 Å². The van der Waals surface area contributed by atoms with Crippen LogP contribution in [0.1, 0.15) is 77.6 Å². The van der Waals surface area contributed by atoms with E-state index in [1.165, 1.54) is 51.4 Å². The average molecular weight is 240 g/mol. The standard InChI is InChI=1S/C15H28O2/c1-14-10-8-6-4-2-3-5-7-9-11-15(16)17-13-12-14/h14H,2-13H2,1H3. The summed E-state index contributed by atoms with van der Waals surface area (Å²) in [5, 5.41) is 0. The highest BCUT2D eigenvalue weighted by Crippen LogP contribution is 2.16. The van der Waals surface area contributed by atoms with Crippen LogP contribution in [0, 0.1) is 5.92 Å². The fraction of sp³-hybridized carbons (Fsp3) is 0.933. The molecule has 0 aromatic heterocycles. The molecule has 0 spiro atoms. The van der Waals surface area contributed by atoms with Gasteiger partial charge in [-0.1, -0.05) is 58.3 Å². The third-order valence-corrected chi connectivity index (χ3v) is 3.70. The zero-order valence-corrected chi connectivity index (χ0v) is 11.4. The van der Waals surface area contributed by atoms with Crippen molar-refractivity contribution in [1.29, 1.82) is 0 Å². The molecule has 100 valence electrons. The van der Waals surface area contributed by atoms with Gasteiger partial charge in [0, 0.05) is 6.42 Å². The molecule has 2 heteroatoms. The highest BCUT2D eigenvalue weighted by atomic mass is 16.5. The second kappa shape index (κ2) is 9.49. The predicted molar refractivity (Wildman–Crippen MR) is 70.9 cm³/mol. The molecule has 0 N–H and O–H groups in total. The van der Waals surface area contributed by atoms with E-state index in [1.807, 2.05) is 0 Å². The van der Waals surface area contributed by atoms with Crippen molar-refractivity contribution < 1.29 is 9.53 Å². The number of carbonyl (C=O) groups excluding carboxylic acids is 1. The fourth-order valence-corrected chi connectivity index (χ4v) is 2.41. The van der Waals surface area contributed by atoms with Crippen LogP contribution in [0.25, 0.3) is 0 Å². The zero-order chi connectivity index (χ0) is 12.3. The van der Waals surface area contributed by atoms with Gasteiger partial charge in [0.2, 0.25) is 0 Å². The maximum Gasteiger partial charge on any atom is 0.305 e. The molecule has 1 heterocycles. The molecule has 0 amide bonds. The summed E-state index contributed by atoms with van der Waals surface area (Å²) in [6.07, 6.45) is 13.2. The first-order chi connectivity index (χ1) is 8.29. The summed E-state index contributed by atoms with van der Waals surface area (Å²) in [5.74, 6) is 0.708. The van der Waals surface area contributed by atoms with Gasteiger partial charge in [-0.15, -0.1) is 0 Å². The molecule has 0 aliphatic carbocycles. The summed E-state index contributed by atoms with van der Waals surface area (Å²) >= 11 is 0. The molecule has 0 radical (unpaired) electrons. The molecule has 1 saturated heterocycles. The lowest BCUT2D eigenvalue weighted by atomic mass is 9.99. The van der Waals surface area contributed by atoms with Crippen LogP contribution in [-0.2, 0) is 9.53 Å². The molecule has 1 rings (SSSR count). The Morgan fingerprint density at radius 2 is 1.47 bits per heavy atom. The van der Waals surface area contributed by atoms with Gasteiger partial charge in [0.25, 0.3) is 0 Å². The van der Waals surface area contributed by atoms with Gasteiger partial charge in [0.05, 0.1) is 6.61 Å². The molecule has 1 fully saturated rings. The highest BCUT2D eigenvalue weighted by molar-refractivity contribution is 5.69. The molecule has 17 heavy (non-hydrogen) atoms. The first-order valence-corrected chi connectivity index (χ1v) is 7.44. The first-order valence-electron chi connectivity index (χ1n) is 7.44. The molecule has 1 atom stereocenters. The number of hydrogen-bond acceptors (Lipinski definition) is 2. The molecule has 1 aliphatic rings. The van der Waals surface area contributed by atoms with Crippen LogP contribution in [0.15, 0.2) is 0 Å². The third kappa shape index (κ3) is 8.23. The SMILES string of the molecule is CC1CCCCCCCCCCC(=O)OCC1. The Bertz CT molecular complexity index is 201. The average Bonchev–Trinajstić information content (AvgIpc) is 2.31.